The standard InChI is InChI=1S/C23H23NO6S3/c1-28-17-7-5-15(13-19(17)30-3)6-8-21-24(10-4-12-33(25,26)27)22-20(32-21)14-18(29-2)16-9-11-31-23(16)22/h5-9,11,13-14H,4,10,12H2,1-3H3/p+1/b8-6+. The molecule has 0 saturated heterocycles. The van der Waals surface area contributed by atoms with E-state index in [1.165, 1.54) is 0 Å². The molecule has 0 saturated carbocycles. The average Bonchev–Trinajstić information content (AvgIpc) is 3.40. The molecule has 0 unspecified atom stereocenters. The minimum atomic E-state index is -4.03. The van der Waals surface area contributed by atoms with E-state index in [1.807, 2.05) is 47.9 Å². The number of aryl methyl sites for hydroxylation is 1. The molecular formula is C23H24NO6S3+. The Morgan fingerprint density at radius 3 is 2.45 bits per heavy atom. The third kappa shape index (κ3) is 4.98. The first-order valence-corrected chi connectivity index (χ1v) is 13.4. The van der Waals surface area contributed by atoms with E-state index in [9.17, 15) is 13.0 Å². The maximum atomic E-state index is 11.3. The largest absolute Gasteiger partial charge is 0.496 e. The summed E-state index contributed by atoms with van der Waals surface area (Å²) in [6.45, 7) is 0.449. The molecule has 7 nitrogen and oxygen atoms in total. The molecule has 4 aromatic rings. The molecule has 0 aliphatic carbocycles. The molecule has 0 aliphatic rings. The fraction of sp³-hybridized carbons (Fsp3) is 0.261. The van der Waals surface area contributed by atoms with Gasteiger partial charge in [0.15, 0.2) is 18.0 Å². The van der Waals surface area contributed by atoms with Gasteiger partial charge in [0.2, 0.25) is 5.52 Å². The lowest BCUT2D eigenvalue weighted by Crippen LogP contribution is -2.36. The van der Waals surface area contributed by atoms with Crippen LogP contribution in [0.2, 0.25) is 0 Å². The van der Waals surface area contributed by atoms with Crippen LogP contribution >= 0.6 is 22.7 Å². The average molecular weight is 507 g/mol. The van der Waals surface area contributed by atoms with E-state index in [0.29, 0.717) is 24.5 Å². The van der Waals surface area contributed by atoms with Crippen LogP contribution in [0.1, 0.15) is 17.0 Å². The van der Waals surface area contributed by atoms with Crippen molar-refractivity contribution >= 4 is 65.2 Å². The van der Waals surface area contributed by atoms with Gasteiger partial charge in [0.25, 0.3) is 15.1 Å². The van der Waals surface area contributed by atoms with Gasteiger partial charge in [0.1, 0.15) is 15.1 Å². The predicted molar refractivity (Wildman–Crippen MR) is 133 cm³/mol. The molecule has 2 aromatic carbocycles. The van der Waals surface area contributed by atoms with Gasteiger partial charge in [-0.05, 0) is 35.2 Å². The summed E-state index contributed by atoms with van der Waals surface area (Å²) in [5, 5.41) is 4.00. The van der Waals surface area contributed by atoms with Crippen molar-refractivity contribution in [2.75, 3.05) is 27.1 Å². The monoisotopic (exact) mass is 506 g/mol. The van der Waals surface area contributed by atoms with Crippen molar-refractivity contribution in [3.8, 4) is 17.2 Å². The molecule has 1 N–H and O–H groups in total. The van der Waals surface area contributed by atoms with Gasteiger partial charge < -0.3 is 14.2 Å². The number of ether oxygens (including phenoxy) is 3. The SMILES string of the molecule is COc1ccc(/C=C/c2sc3cc(OC)c4ccsc4c3[n+]2CCCS(=O)(=O)O)cc1OC. The molecule has 0 radical (unpaired) electrons. The van der Waals surface area contributed by atoms with E-state index in [-0.39, 0.29) is 5.75 Å². The van der Waals surface area contributed by atoms with E-state index in [0.717, 1.165) is 36.6 Å². The van der Waals surface area contributed by atoms with Crippen LogP contribution in [0, 0.1) is 0 Å². The Bertz CT molecular complexity index is 1440. The fourth-order valence-corrected chi connectivity index (χ4v) is 6.37. The Kier molecular flexibility index (Phi) is 6.89. The van der Waals surface area contributed by atoms with Crippen LogP contribution in [0.3, 0.4) is 0 Å². The van der Waals surface area contributed by atoms with Crippen molar-refractivity contribution in [1.29, 1.82) is 0 Å². The summed E-state index contributed by atoms with van der Waals surface area (Å²) in [4.78, 5) is 0. The second-order valence-corrected chi connectivity index (χ2v) is 10.8. The highest BCUT2D eigenvalue weighted by molar-refractivity contribution is 7.85. The maximum absolute atomic E-state index is 11.3. The molecule has 0 bridgehead atoms. The van der Waals surface area contributed by atoms with Gasteiger partial charge in [0, 0.05) is 23.9 Å². The second-order valence-electron chi connectivity index (χ2n) is 7.27. The van der Waals surface area contributed by atoms with E-state index >= 15 is 0 Å². The highest BCUT2D eigenvalue weighted by Crippen LogP contribution is 2.38. The summed E-state index contributed by atoms with van der Waals surface area (Å²) in [6.07, 6.45) is 4.28. The Hall–Kier alpha value is -2.66. The van der Waals surface area contributed by atoms with Gasteiger partial charge in [-0.2, -0.15) is 13.0 Å². The topological polar surface area (TPSA) is 85.9 Å². The number of thiazole rings is 1. The molecular weight excluding hydrogens is 482 g/mol. The van der Waals surface area contributed by atoms with Crippen molar-refractivity contribution < 1.29 is 31.7 Å². The molecule has 4 rings (SSSR count). The van der Waals surface area contributed by atoms with Crippen LogP contribution in [0.25, 0.3) is 32.5 Å². The molecule has 2 heterocycles. The highest BCUT2D eigenvalue weighted by atomic mass is 32.2. The van der Waals surface area contributed by atoms with Crippen LogP contribution in [0.4, 0.5) is 0 Å². The Morgan fingerprint density at radius 1 is 1.00 bits per heavy atom. The number of thiophene rings is 1. The van der Waals surface area contributed by atoms with E-state index in [4.69, 9.17) is 14.2 Å². The van der Waals surface area contributed by atoms with E-state index < -0.39 is 10.1 Å². The van der Waals surface area contributed by atoms with Crippen molar-refractivity contribution in [3.63, 3.8) is 0 Å². The number of fused-ring (bicyclic) bond motifs is 3. The zero-order valence-corrected chi connectivity index (χ0v) is 20.9. The summed E-state index contributed by atoms with van der Waals surface area (Å²) < 4.78 is 52.3. The third-order valence-corrected chi connectivity index (χ3v) is 8.04. The highest BCUT2D eigenvalue weighted by Gasteiger charge is 2.24. The molecule has 0 amide bonds. The Morgan fingerprint density at radius 2 is 1.76 bits per heavy atom. The predicted octanol–water partition coefficient (Wildman–Crippen LogP) is 4.88. The van der Waals surface area contributed by atoms with Crippen molar-refractivity contribution in [2.24, 2.45) is 0 Å². The van der Waals surface area contributed by atoms with Crippen LogP contribution in [0.15, 0.2) is 35.7 Å². The number of nitrogens with zero attached hydrogens (tertiary/aromatic N) is 1. The minimum absolute atomic E-state index is 0.292. The zero-order valence-electron chi connectivity index (χ0n) is 18.4. The van der Waals surface area contributed by atoms with E-state index in [1.54, 1.807) is 44.0 Å². The van der Waals surface area contributed by atoms with Gasteiger partial charge in [-0.15, -0.1) is 11.3 Å². The zero-order chi connectivity index (χ0) is 23.6. The van der Waals surface area contributed by atoms with Crippen LogP contribution in [0.5, 0.6) is 17.2 Å². The smallest absolute Gasteiger partial charge is 0.265 e. The van der Waals surface area contributed by atoms with Gasteiger partial charge >= 0.3 is 0 Å². The van der Waals surface area contributed by atoms with Crippen molar-refractivity contribution in [3.05, 3.63) is 46.3 Å². The first-order chi connectivity index (χ1) is 15.8. The van der Waals surface area contributed by atoms with Gasteiger partial charge in [-0.3, -0.25) is 4.55 Å². The number of methoxy groups -OCH3 is 3. The molecule has 0 spiro atoms. The number of benzene rings is 2. The quantitative estimate of drug-likeness (QED) is 0.257. The van der Waals surface area contributed by atoms with E-state index in [2.05, 4.69) is 4.57 Å². The summed E-state index contributed by atoms with van der Waals surface area (Å²) >= 11 is 3.22. The van der Waals surface area contributed by atoms with Gasteiger partial charge in [0.05, 0.1) is 27.1 Å². The van der Waals surface area contributed by atoms with Crippen LogP contribution in [-0.2, 0) is 16.7 Å². The Balaban J connectivity index is 1.81. The molecule has 174 valence electrons. The second kappa shape index (κ2) is 9.68. The maximum Gasteiger partial charge on any atom is 0.265 e. The molecule has 0 atom stereocenters. The van der Waals surface area contributed by atoms with Gasteiger partial charge in [-0.1, -0.05) is 17.4 Å². The molecule has 0 aliphatic heterocycles. The molecule has 10 heteroatoms. The first kappa shape index (κ1) is 23.5. The number of rotatable bonds is 9. The summed E-state index contributed by atoms with van der Waals surface area (Å²) in [6, 6.07) is 9.73. The fourth-order valence-electron chi connectivity index (χ4n) is 3.72. The number of aromatic nitrogens is 1. The summed E-state index contributed by atoms with van der Waals surface area (Å²) in [5.74, 6) is 1.81. The molecule has 2 aromatic heterocycles. The van der Waals surface area contributed by atoms with Crippen molar-refractivity contribution in [2.45, 2.75) is 13.0 Å². The normalized spacial score (nSPS) is 12.1. The minimum Gasteiger partial charge on any atom is -0.496 e. The first-order valence-electron chi connectivity index (χ1n) is 10.1. The van der Waals surface area contributed by atoms with Crippen molar-refractivity contribution in [1.82, 2.24) is 0 Å². The lowest BCUT2D eigenvalue weighted by atomic mass is 10.2. The lowest BCUT2D eigenvalue weighted by Gasteiger charge is -2.07. The lowest BCUT2D eigenvalue weighted by molar-refractivity contribution is -0.667. The number of hydrogen-bond donors (Lipinski definition) is 1. The summed E-state index contributed by atoms with van der Waals surface area (Å²) in [7, 11) is 0.824. The Labute approximate surface area is 200 Å². The molecule has 0 fully saturated rings. The number of hydrogen-bond acceptors (Lipinski definition) is 7. The summed E-state index contributed by atoms with van der Waals surface area (Å²) in [5.41, 5.74) is 1.97. The third-order valence-electron chi connectivity index (χ3n) is 5.22. The molecule has 33 heavy (non-hydrogen) atoms. The van der Waals surface area contributed by atoms with Crippen LogP contribution < -0.4 is 18.8 Å². The van der Waals surface area contributed by atoms with Gasteiger partial charge in [-0.25, -0.2) is 0 Å². The van der Waals surface area contributed by atoms with Crippen LogP contribution in [-0.4, -0.2) is 40.1 Å².